The highest BCUT2D eigenvalue weighted by Gasteiger charge is 1.99. The Morgan fingerprint density at radius 3 is 2.47 bits per heavy atom. The minimum atomic E-state index is 0.445. The van der Waals surface area contributed by atoms with Crippen LogP contribution in [-0.2, 0) is 9.47 Å². The highest BCUT2D eigenvalue weighted by atomic mass is 16.5. The number of unbranched alkanes of at least 4 members (excludes halogenated alkanes) is 1. The lowest BCUT2D eigenvalue weighted by Gasteiger charge is -2.13. The Morgan fingerprint density at radius 1 is 1.07 bits per heavy atom. The molecule has 1 unspecified atom stereocenters. The number of nitrogens with one attached hydrogen (secondary N) is 1. The third-order valence-electron chi connectivity index (χ3n) is 2.17. The van der Waals surface area contributed by atoms with Crippen LogP contribution in [-0.4, -0.2) is 39.0 Å². The summed E-state index contributed by atoms with van der Waals surface area (Å²) in [4.78, 5) is 0. The third kappa shape index (κ3) is 11.8. The van der Waals surface area contributed by atoms with Crippen molar-refractivity contribution in [3.8, 4) is 0 Å². The second-order valence-corrected chi connectivity index (χ2v) is 3.83. The van der Waals surface area contributed by atoms with Crippen LogP contribution in [0.15, 0.2) is 0 Å². The molecule has 0 radical (unpaired) electrons. The van der Waals surface area contributed by atoms with Gasteiger partial charge in [0.15, 0.2) is 0 Å². The third-order valence-corrected chi connectivity index (χ3v) is 2.17. The lowest BCUT2D eigenvalue weighted by molar-refractivity contribution is 0.117. The summed E-state index contributed by atoms with van der Waals surface area (Å²) in [6.07, 6.45) is 3.47. The van der Waals surface area contributed by atoms with E-state index in [1.165, 1.54) is 12.8 Å². The lowest BCUT2D eigenvalue weighted by atomic mass is 10.3. The molecule has 3 heteroatoms. The van der Waals surface area contributed by atoms with Gasteiger partial charge >= 0.3 is 0 Å². The first-order valence-corrected chi connectivity index (χ1v) is 6.20. The summed E-state index contributed by atoms with van der Waals surface area (Å²) < 4.78 is 10.8. The van der Waals surface area contributed by atoms with E-state index in [4.69, 9.17) is 9.47 Å². The summed E-state index contributed by atoms with van der Waals surface area (Å²) in [6, 6.07) is 0.445. The first-order chi connectivity index (χ1) is 7.31. The first-order valence-electron chi connectivity index (χ1n) is 6.20. The Morgan fingerprint density at radius 2 is 1.80 bits per heavy atom. The molecule has 92 valence electrons. The summed E-state index contributed by atoms with van der Waals surface area (Å²) in [5.41, 5.74) is 0. The van der Waals surface area contributed by atoms with E-state index < -0.39 is 0 Å². The van der Waals surface area contributed by atoms with Gasteiger partial charge in [0.1, 0.15) is 0 Å². The molecular formula is C12H27NO2. The molecule has 0 aliphatic rings. The molecule has 1 N–H and O–H groups in total. The van der Waals surface area contributed by atoms with Crippen molar-refractivity contribution in [3.63, 3.8) is 0 Å². The van der Waals surface area contributed by atoms with Gasteiger partial charge in [0.05, 0.1) is 6.61 Å². The van der Waals surface area contributed by atoms with Crippen molar-refractivity contribution < 1.29 is 9.47 Å². The van der Waals surface area contributed by atoms with Crippen LogP contribution in [0.3, 0.4) is 0 Å². The monoisotopic (exact) mass is 217 g/mol. The van der Waals surface area contributed by atoms with Crippen LogP contribution in [0.1, 0.15) is 40.0 Å². The Bertz CT molecular complexity index is 120. The standard InChI is InChI=1S/C12H27NO2/c1-4-6-9-15-10-7-8-13-12(3)11-14-5-2/h12-13H,4-11H2,1-3H3. The maximum Gasteiger partial charge on any atom is 0.0616 e. The van der Waals surface area contributed by atoms with Gasteiger partial charge < -0.3 is 14.8 Å². The average Bonchev–Trinajstić information content (AvgIpc) is 2.25. The van der Waals surface area contributed by atoms with E-state index in [1.54, 1.807) is 0 Å². The summed E-state index contributed by atoms with van der Waals surface area (Å²) in [7, 11) is 0. The molecule has 0 aromatic heterocycles. The van der Waals surface area contributed by atoms with Crippen LogP contribution in [0.5, 0.6) is 0 Å². The molecule has 0 heterocycles. The molecule has 0 bridgehead atoms. The van der Waals surface area contributed by atoms with Crippen LogP contribution < -0.4 is 5.32 Å². The number of hydrogen-bond acceptors (Lipinski definition) is 3. The summed E-state index contributed by atoms with van der Waals surface area (Å²) in [6.45, 7) is 10.7. The van der Waals surface area contributed by atoms with Gasteiger partial charge in [-0.3, -0.25) is 0 Å². The van der Waals surface area contributed by atoms with Crippen molar-refractivity contribution in [2.24, 2.45) is 0 Å². The molecule has 0 rings (SSSR count). The van der Waals surface area contributed by atoms with Gasteiger partial charge in [-0.2, -0.15) is 0 Å². The predicted octanol–water partition coefficient (Wildman–Crippen LogP) is 2.21. The highest BCUT2D eigenvalue weighted by molar-refractivity contribution is 4.58. The molecule has 0 spiro atoms. The van der Waals surface area contributed by atoms with Gasteiger partial charge in [0.25, 0.3) is 0 Å². The molecule has 0 amide bonds. The van der Waals surface area contributed by atoms with Crippen molar-refractivity contribution in [2.45, 2.75) is 46.1 Å². The predicted molar refractivity (Wildman–Crippen MR) is 64.3 cm³/mol. The van der Waals surface area contributed by atoms with E-state index in [1.807, 2.05) is 6.92 Å². The van der Waals surface area contributed by atoms with Crippen molar-refractivity contribution >= 4 is 0 Å². The second kappa shape index (κ2) is 12.0. The SMILES string of the molecule is CCCCOCCCNC(C)COCC. The van der Waals surface area contributed by atoms with Gasteiger partial charge in [-0.25, -0.2) is 0 Å². The van der Waals surface area contributed by atoms with Crippen molar-refractivity contribution in [1.29, 1.82) is 0 Å². The molecule has 0 aliphatic heterocycles. The van der Waals surface area contributed by atoms with Crippen molar-refractivity contribution in [1.82, 2.24) is 5.32 Å². The molecule has 0 saturated carbocycles. The second-order valence-electron chi connectivity index (χ2n) is 3.83. The molecule has 0 aliphatic carbocycles. The van der Waals surface area contributed by atoms with E-state index in [0.717, 1.165) is 39.4 Å². The van der Waals surface area contributed by atoms with E-state index >= 15 is 0 Å². The minimum Gasteiger partial charge on any atom is -0.381 e. The Balaban J connectivity index is 3.02. The van der Waals surface area contributed by atoms with Gasteiger partial charge in [-0.15, -0.1) is 0 Å². The normalized spacial score (nSPS) is 13.0. The van der Waals surface area contributed by atoms with E-state index in [2.05, 4.69) is 19.2 Å². The van der Waals surface area contributed by atoms with Crippen molar-refractivity contribution in [2.75, 3.05) is 33.0 Å². The van der Waals surface area contributed by atoms with Gasteiger partial charge in [0, 0.05) is 25.9 Å². The summed E-state index contributed by atoms with van der Waals surface area (Å²) in [5.74, 6) is 0. The first kappa shape index (κ1) is 14.9. The summed E-state index contributed by atoms with van der Waals surface area (Å²) >= 11 is 0. The zero-order chi connectivity index (χ0) is 11.4. The number of hydrogen-bond donors (Lipinski definition) is 1. The van der Waals surface area contributed by atoms with Crippen LogP contribution in [0.2, 0.25) is 0 Å². The zero-order valence-electron chi connectivity index (χ0n) is 10.6. The molecule has 0 fully saturated rings. The lowest BCUT2D eigenvalue weighted by Crippen LogP contribution is -2.31. The Kier molecular flexibility index (Phi) is 11.9. The number of ether oxygens (including phenoxy) is 2. The summed E-state index contributed by atoms with van der Waals surface area (Å²) in [5, 5.41) is 3.40. The van der Waals surface area contributed by atoms with Crippen LogP contribution in [0.4, 0.5) is 0 Å². The van der Waals surface area contributed by atoms with Crippen LogP contribution >= 0.6 is 0 Å². The average molecular weight is 217 g/mol. The van der Waals surface area contributed by atoms with Crippen molar-refractivity contribution in [3.05, 3.63) is 0 Å². The number of rotatable bonds is 11. The topological polar surface area (TPSA) is 30.5 Å². The fourth-order valence-electron chi connectivity index (χ4n) is 1.22. The van der Waals surface area contributed by atoms with Gasteiger partial charge in [-0.1, -0.05) is 13.3 Å². The highest BCUT2D eigenvalue weighted by Crippen LogP contribution is 1.90. The molecule has 1 atom stereocenters. The van der Waals surface area contributed by atoms with E-state index in [-0.39, 0.29) is 0 Å². The molecule has 0 saturated heterocycles. The fourth-order valence-corrected chi connectivity index (χ4v) is 1.22. The molecule has 3 nitrogen and oxygen atoms in total. The van der Waals surface area contributed by atoms with E-state index in [9.17, 15) is 0 Å². The van der Waals surface area contributed by atoms with Crippen LogP contribution in [0, 0.1) is 0 Å². The van der Waals surface area contributed by atoms with Gasteiger partial charge in [-0.05, 0) is 33.2 Å². The van der Waals surface area contributed by atoms with Gasteiger partial charge in [0.2, 0.25) is 0 Å². The molecule has 0 aromatic rings. The maximum atomic E-state index is 5.47. The largest absolute Gasteiger partial charge is 0.381 e. The smallest absolute Gasteiger partial charge is 0.0616 e. The fraction of sp³-hybridized carbons (Fsp3) is 1.00. The Labute approximate surface area is 94.5 Å². The van der Waals surface area contributed by atoms with E-state index in [0.29, 0.717) is 6.04 Å². The molecule has 15 heavy (non-hydrogen) atoms. The van der Waals surface area contributed by atoms with Crippen LogP contribution in [0.25, 0.3) is 0 Å². The zero-order valence-corrected chi connectivity index (χ0v) is 10.6. The minimum absolute atomic E-state index is 0.445. The Hall–Kier alpha value is -0.120. The molecule has 0 aromatic carbocycles. The quantitative estimate of drug-likeness (QED) is 0.538. The molecular weight excluding hydrogens is 190 g/mol. The maximum absolute atomic E-state index is 5.47.